The molecule has 0 unspecified atom stereocenters. The molecule has 2 aromatic rings. The summed E-state index contributed by atoms with van der Waals surface area (Å²) in [5.74, 6) is 0.549. The second-order valence-corrected chi connectivity index (χ2v) is 7.00. The van der Waals surface area contributed by atoms with E-state index >= 15 is 0 Å². The van der Waals surface area contributed by atoms with Gasteiger partial charge < -0.3 is 10.2 Å². The molecule has 0 radical (unpaired) electrons. The van der Waals surface area contributed by atoms with Gasteiger partial charge in [0.2, 0.25) is 0 Å². The Balaban J connectivity index is 2.07. The average Bonchev–Trinajstić information content (AvgIpc) is 2.49. The van der Waals surface area contributed by atoms with E-state index in [1.807, 2.05) is 30.3 Å². The van der Waals surface area contributed by atoms with Gasteiger partial charge in [-0.25, -0.2) is 0 Å². The predicted octanol–water partition coefficient (Wildman–Crippen LogP) is 5.30. The Kier molecular flexibility index (Phi) is 6.40. The zero-order valence-electron chi connectivity index (χ0n) is 12.9. The van der Waals surface area contributed by atoms with E-state index < -0.39 is 0 Å². The maximum Gasteiger partial charge on any atom is 0.173 e. The minimum absolute atomic E-state index is 0.549. The fourth-order valence-electron chi connectivity index (χ4n) is 2.20. The highest BCUT2D eigenvalue weighted by atomic mass is 79.9. The van der Waals surface area contributed by atoms with Crippen molar-refractivity contribution in [3.05, 3.63) is 64.6 Å². The Hall–Kier alpha value is -1.39. The summed E-state index contributed by atoms with van der Waals surface area (Å²) in [6.07, 6.45) is 0. The zero-order chi connectivity index (χ0) is 15.9. The topological polar surface area (TPSA) is 15.3 Å². The quantitative estimate of drug-likeness (QED) is 0.712. The normalized spacial score (nSPS) is 10.5. The Labute approximate surface area is 146 Å². The van der Waals surface area contributed by atoms with E-state index in [9.17, 15) is 0 Å². The summed E-state index contributed by atoms with van der Waals surface area (Å²) in [6.45, 7) is 6.17. The predicted molar refractivity (Wildman–Crippen MR) is 102 cm³/mol. The van der Waals surface area contributed by atoms with Gasteiger partial charge >= 0.3 is 0 Å². The molecule has 0 saturated carbocycles. The molecular formula is C18H21BrN2S. The highest BCUT2D eigenvalue weighted by molar-refractivity contribution is 9.10. The lowest BCUT2D eigenvalue weighted by molar-refractivity contribution is 0.364. The second-order valence-electron chi connectivity index (χ2n) is 5.70. The smallest absolute Gasteiger partial charge is 0.173 e. The van der Waals surface area contributed by atoms with E-state index in [-0.39, 0.29) is 0 Å². The van der Waals surface area contributed by atoms with E-state index in [4.69, 9.17) is 12.2 Å². The van der Waals surface area contributed by atoms with Crippen LogP contribution in [0.25, 0.3) is 0 Å². The van der Waals surface area contributed by atoms with Crippen LogP contribution in [0, 0.1) is 5.92 Å². The molecule has 0 amide bonds. The Morgan fingerprint density at radius 3 is 2.32 bits per heavy atom. The number of hydrogen-bond donors (Lipinski definition) is 1. The van der Waals surface area contributed by atoms with Gasteiger partial charge in [-0.05, 0) is 48.0 Å². The summed E-state index contributed by atoms with van der Waals surface area (Å²) >= 11 is 9.06. The largest absolute Gasteiger partial charge is 0.344 e. The molecule has 0 heterocycles. The lowest BCUT2D eigenvalue weighted by atomic mass is 10.1. The van der Waals surface area contributed by atoms with Crippen molar-refractivity contribution in [3.8, 4) is 0 Å². The van der Waals surface area contributed by atoms with E-state index in [1.54, 1.807) is 0 Å². The molecular weight excluding hydrogens is 356 g/mol. The number of halogens is 1. The molecule has 0 aliphatic heterocycles. The van der Waals surface area contributed by atoms with Crippen LogP contribution in [0.1, 0.15) is 19.4 Å². The van der Waals surface area contributed by atoms with Crippen LogP contribution in [0.15, 0.2) is 59.1 Å². The number of benzene rings is 2. The number of hydrogen-bond acceptors (Lipinski definition) is 1. The highest BCUT2D eigenvalue weighted by Crippen LogP contribution is 2.16. The molecule has 2 aromatic carbocycles. The second kappa shape index (κ2) is 8.30. The Morgan fingerprint density at radius 2 is 1.73 bits per heavy atom. The number of rotatable bonds is 5. The van der Waals surface area contributed by atoms with Gasteiger partial charge in [0.15, 0.2) is 5.11 Å². The standard InChI is InChI=1S/C18H21BrN2S/c1-14(2)12-21(13-15-6-4-3-5-7-15)18(22)20-17-10-8-16(19)9-11-17/h3-11,14H,12-13H2,1-2H3,(H,20,22). The molecule has 0 aliphatic carbocycles. The third-order valence-corrected chi connectivity index (χ3v) is 4.07. The molecule has 0 bridgehead atoms. The summed E-state index contributed by atoms with van der Waals surface area (Å²) in [4.78, 5) is 2.22. The fraction of sp³-hybridized carbons (Fsp3) is 0.278. The van der Waals surface area contributed by atoms with Crippen LogP contribution in [0.5, 0.6) is 0 Å². The first kappa shape index (κ1) is 17.0. The van der Waals surface area contributed by atoms with Crippen molar-refractivity contribution in [2.24, 2.45) is 5.92 Å². The van der Waals surface area contributed by atoms with Crippen LogP contribution in [-0.2, 0) is 6.54 Å². The van der Waals surface area contributed by atoms with Gasteiger partial charge in [0, 0.05) is 23.2 Å². The number of thiocarbonyl (C=S) groups is 1. The third-order valence-electron chi connectivity index (χ3n) is 3.18. The molecule has 0 aromatic heterocycles. The first-order valence-corrected chi connectivity index (χ1v) is 8.60. The van der Waals surface area contributed by atoms with E-state index in [0.717, 1.165) is 28.4 Å². The third kappa shape index (κ3) is 5.43. The van der Waals surface area contributed by atoms with Crippen molar-refractivity contribution in [3.63, 3.8) is 0 Å². The van der Waals surface area contributed by atoms with E-state index in [2.05, 4.69) is 64.3 Å². The molecule has 0 fully saturated rings. The Bertz CT molecular complexity index is 596. The molecule has 0 spiro atoms. The maximum atomic E-state index is 5.61. The van der Waals surface area contributed by atoms with Crippen molar-refractivity contribution < 1.29 is 0 Å². The van der Waals surface area contributed by atoms with Crippen LogP contribution < -0.4 is 5.32 Å². The van der Waals surface area contributed by atoms with Crippen molar-refractivity contribution in [1.29, 1.82) is 0 Å². The molecule has 116 valence electrons. The number of nitrogens with one attached hydrogen (secondary N) is 1. The lowest BCUT2D eigenvalue weighted by Gasteiger charge is -2.27. The van der Waals surface area contributed by atoms with Crippen molar-refractivity contribution in [2.45, 2.75) is 20.4 Å². The average molecular weight is 377 g/mol. The van der Waals surface area contributed by atoms with Gasteiger partial charge in [-0.2, -0.15) is 0 Å². The van der Waals surface area contributed by atoms with Gasteiger partial charge in [0.05, 0.1) is 0 Å². The molecule has 0 atom stereocenters. The highest BCUT2D eigenvalue weighted by Gasteiger charge is 2.12. The van der Waals surface area contributed by atoms with Crippen LogP contribution in [0.2, 0.25) is 0 Å². The Morgan fingerprint density at radius 1 is 1.09 bits per heavy atom. The van der Waals surface area contributed by atoms with Gasteiger partial charge in [-0.3, -0.25) is 0 Å². The van der Waals surface area contributed by atoms with E-state index in [1.165, 1.54) is 5.56 Å². The molecule has 1 N–H and O–H groups in total. The van der Waals surface area contributed by atoms with Crippen LogP contribution >= 0.6 is 28.1 Å². The van der Waals surface area contributed by atoms with Crippen molar-refractivity contribution >= 4 is 38.9 Å². The monoisotopic (exact) mass is 376 g/mol. The van der Waals surface area contributed by atoms with Crippen LogP contribution in [-0.4, -0.2) is 16.6 Å². The maximum absolute atomic E-state index is 5.61. The summed E-state index contributed by atoms with van der Waals surface area (Å²) < 4.78 is 1.06. The SMILES string of the molecule is CC(C)CN(Cc1ccccc1)C(=S)Nc1ccc(Br)cc1. The summed E-state index contributed by atoms with van der Waals surface area (Å²) in [5.41, 5.74) is 2.28. The van der Waals surface area contributed by atoms with Crippen molar-refractivity contribution in [1.82, 2.24) is 4.90 Å². The number of anilines is 1. The summed E-state index contributed by atoms with van der Waals surface area (Å²) in [5, 5.41) is 4.10. The molecule has 0 saturated heterocycles. The van der Waals surface area contributed by atoms with E-state index in [0.29, 0.717) is 5.92 Å². The lowest BCUT2D eigenvalue weighted by Crippen LogP contribution is -2.36. The molecule has 4 heteroatoms. The molecule has 2 rings (SSSR count). The van der Waals surface area contributed by atoms with Crippen LogP contribution in [0.4, 0.5) is 5.69 Å². The minimum atomic E-state index is 0.549. The molecule has 22 heavy (non-hydrogen) atoms. The minimum Gasteiger partial charge on any atom is -0.344 e. The summed E-state index contributed by atoms with van der Waals surface area (Å²) in [7, 11) is 0. The molecule has 0 aliphatic rings. The van der Waals surface area contributed by atoms with Gasteiger partial charge in [0.25, 0.3) is 0 Å². The zero-order valence-corrected chi connectivity index (χ0v) is 15.3. The number of nitrogens with zero attached hydrogens (tertiary/aromatic N) is 1. The summed E-state index contributed by atoms with van der Waals surface area (Å²) in [6, 6.07) is 18.5. The van der Waals surface area contributed by atoms with Gasteiger partial charge in [0.1, 0.15) is 0 Å². The van der Waals surface area contributed by atoms with Crippen molar-refractivity contribution in [2.75, 3.05) is 11.9 Å². The fourth-order valence-corrected chi connectivity index (χ4v) is 2.72. The first-order chi connectivity index (χ1) is 10.5. The molecule has 2 nitrogen and oxygen atoms in total. The first-order valence-electron chi connectivity index (χ1n) is 7.40. The van der Waals surface area contributed by atoms with Gasteiger partial charge in [-0.15, -0.1) is 0 Å². The van der Waals surface area contributed by atoms with Gasteiger partial charge in [-0.1, -0.05) is 60.1 Å². The van der Waals surface area contributed by atoms with Crippen LogP contribution in [0.3, 0.4) is 0 Å².